The van der Waals surface area contributed by atoms with Gasteiger partial charge in [-0.05, 0) is 67.8 Å². The molecule has 120 valence electrons. The molecule has 3 aromatic rings. The fourth-order valence-electron chi connectivity index (χ4n) is 2.78. The number of benzene rings is 2. The van der Waals surface area contributed by atoms with Crippen LogP contribution in [0.25, 0.3) is 22.4 Å². The average molecular weight is 308 g/mol. The third-order valence-corrected chi connectivity index (χ3v) is 4.47. The smallest absolute Gasteiger partial charge is 0.141 e. The summed E-state index contributed by atoms with van der Waals surface area (Å²) in [6, 6.07) is 12.3. The number of aromatic nitrogens is 2. The molecule has 1 heterocycles. The van der Waals surface area contributed by atoms with Gasteiger partial charge in [-0.25, -0.2) is 4.98 Å². The van der Waals surface area contributed by atoms with E-state index in [1.54, 1.807) is 0 Å². The number of nitrogens with zero attached hydrogens (tertiary/aromatic N) is 2. The molecule has 1 unspecified atom stereocenters. The topological polar surface area (TPSA) is 69.9 Å². The molecule has 4 N–H and O–H groups in total. The Morgan fingerprint density at radius 3 is 2.39 bits per heavy atom. The number of nitrogens with two attached hydrogens (primary N) is 2. The lowest BCUT2D eigenvalue weighted by Crippen LogP contribution is -2.25. The second-order valence-electron chi connectivity index (χ2n) is 6.26. The van der Waals surface area contributed by atoms with Crippen molar-refractivity contribution in [1.82, 2.24) is 9.55 Å². The van der Waals surface area contributed by atoms with E-state index in [-0.39, 0.29) is 6.04 Å². The largest absolute Gasteiger partial charge is 0.399 e. The lowest BCUT2D eigenvalue weighted by Gasteiger charge is -2.14. The number of fused-ring (bicyclic) bond motifs is 1. The molecule has 0 aliphatic heterocycles. The highest BCUT2D eigenvalue weighted by atomic mass is 15.1. The summed E-state index contributed by atoms with van der Waals surface area (Å²) < 4.78 is 2.24. The van der Waals surface area contributed by atoms with Gasteiger partial charge in [0.25, 0.3) is 0 Å². The third-order valence-electron chi connectivity index (χ3n) is 4.47. The highest BCUT2D eigenvalue weighted by Crippen LogP contribution is 2.28. The molecule has 0 fully saturated rings. The molecule has 0 aliphatic carbocycles. The Labute approximate surface area is 137 Å². The van der Waals surface area contributed by atoms with Gasteiger partial charge in [0.15, 0.2) is 0 Å². The van der Waals surface area contributed by atoms with Gasteiger partial charge in [0.2, 0.25) is 0 Å². The van der Waals surface area contributed by atoms with E-state index in [1.165, 1.54) is 11.1 Å². The minimum atomic E-state index is 0.113. The molecule has 0 spiro atoms. The molecule has 0 aliphatic rings. The maximum Gasteiger partial charge on any atom is 0.141 e. The molecule has 4 nitrogen and oxygen atoms in total. The molecular formula is C19H24N4. The third kappa shape index (κ3) is 2.94. The van der Waals surface area contributed by atoms with Crippen LogP contribution in [0.5, 0.6) is 0 Å². The van der Waals surface area contributed by atoms with Gasteiger partial charge in [-0.1, -0.05) is 6.92 Å². The van der Waals surface area contributed by atoms with Crippen LogP contribution in [-0.2, 0) is 6.54 Å². The first-order valence-electron chi connectivity index (χ1n) is 8.08. The van der Waals surface area contributed by atoms with E-state index in [1.807, 2.05) is 24.3 Å². The Morgan fingerprint density at radius 1 is 1.09 bits per heavy atom. The van der Waals surface area contributed by atoms with Gasteiger partial charge in [0.05, 0.1) is 11.0 Å². The molecule has 0 bridgehead atoms. The Hall–Kier alpha value is -2.33. The molecule has 1 aromatic heterocycles. The molecule has 0 saturated heterocycles. The lowest BCUT2D eigenvalue weighted by molar-refractivity contribution is 0.551. The van der Waals surface area contributed by atoms with Crippen molar-refractivity contribution >= 4 is 16.7 Å². The average Bonchev–Trinajstić information content (AvgIpc) is 2.86. The van der Waals surface area contributed by atoms with Crippen molar-refractivity contribution in [2.24, 2.45) is 5.73 Å². The van der Waals surface area contributed by atoms with Crippen LogP contribution in [-0.4, -0.2) is 15.6 Å². The fourth-order valence-corrected chi connectivity index (χ4v) is 2.78. The van der Waals surface area contributed by atoms with Crippen molar-refractivity contribution in [2.75, 3.05) is 5.73 Å². The molecule has 2 aromatic carbocycles. The highest BCUT2D eigenvalue weighted by Gasteiger charge is 2.15. The Morgan fingerprint density at radius 2 is 1.74 bits per heavy atom. The monoisotopic (exact) mass is 308 g/mol. The number of hydrogen-bond acceptors (Lipinski definition) is 3. The summed E-state index contributed by atoms with van der Waals surface area (Å²) in [5, 5.41) is 0. The summed E-state index contributed by atoms with van der Waals surface area (Å²) in [6.07, 6.45) is 0.936. The van der Waals surface area contributed by atoms with E-state index in [9.17, 15) is 0 Å². The van der Waals surface area contributed by atoms with E-state index in [0.29, 0.717) is 0 Å². The fraction of sp³-hybridized carbons (Fsp3) is 0.316. The summed E-state index contributed by atoms with van der Waals surface area (Å²) >= 11 is 0. The quantitative estimate of drug-likeness (QED) is 0.723. The van der Waals surface area contributed by atoms with Crippen molar-refractivity contribution in [3.8, 4) is 11.4 Å². The van der Waals surface area contributed by atoms with Gasteiger partial charge < -0.3 is 16.0 Å². The summed E-state index contributed by atoms with van der Waals surface area (Å²) in [6.45, 7) is 7.13. The first-order chi connectivity index (χ1) is 11.0. The van der Waals surface area contributed by atoms with Crippen LogP contribution in [0, 0.1) is 13.8 Å². The van der Waals surface area contributed by atoms with E-state index < -0.39 is 0 Å². The minimum Gasteiger partial charge on any atom is -0.399 e. The van der Waals surface area contributed by atoms with Gasteiger partial charge in [-0.2, -0.15) is 0 Å². The van der Waals surface area contributed by atoms with Crippen LogP contribution in [0.1, 0.15) is 24.5 Å². The van der Waals surface area contributed by atoms with Crippen molar-refractivity contribution in [3.05, 3.63) is 47.5 Å². The van der Waals surface area contributed by atoms with Crippen LogP contribution in [0.2, 0.25) is 0 Å². The summed E-state index contributed by atoms with van der Waals surface area (Å²) in [7, 11) is 0. The molecule has 4 heteroatoms. The Kier molecular flexibility index (Phi) is 4.09. The van der Waals surface area contributed by atoms with Crippen molar-refractivity contribution in [1.29, 1.82) is 0 Å². The number of imidazole rings is 1. The molecule has 23 heavy (non-hydrogen) atoms. The van der Waals surface area contributed by atoms with Crippen LogP contribution >= 0.6 is 0 Å². The van der Waals surface area contributed by atoms with E-state index in [2.05, 4.69) is 37.5 Å². The standard InChI is InChI=1S/C19H24N4/c1-4-15(20)11-23-18-10-13(3)12(2)9-17(18)22-19(23)14-5-7-16(21)8-6-14/h5-10,15H,4,11,20-21H2,1-3H3. The number of nitrogen functional groups attached to an aromatic ring is 1. The first kappa shape index (κ1) is 15.6. The highest BCUT2D eigenvalue weighted by molar-refractivity contribution is 5.82. The van der Waals surface area contributed by atoms with Crippen LogP contribution < -0.4 is 11.5 Å². The zero-order chi connectivity index (χ0) is 16.6. The van der Waals surface area contributed by atoms with Gasteiger partial charge in [0.1, 0.15) is 5.82 Å². The summed E-state index contributed by atoms with van der Waals surface area (Å²) in [5.74, 6) is 0.953. The molecule has 0 saturated carbocycles. The molecule has 0 radical (unpaired) electrons. The number of anilines is 1. The summed E-state index contributed by atoms with van der Waals surface area (Å²) in [5.41, 5.74) is 18.5. The number of aryl methyl sites for hydroxylation is 2. The van der Waals surface area contributed by atoms with Gasteiger partial charge in [-0.15, -0.1) is 0 Å². The lowest BCUT2D eigenvalue weighted by atomic mass is 10.1. The Balaban J connectivity index is 2.22. The Bertz CT molecular complexity index is 831. The van der Waals surface area contributed by atoms with E-state index >= 15 is 0 Å². The number of hydrogen-bond donors (Lipinski definition) is 2. The van der Waals surface area contributed by atoms with Gasteiger partial charge in [-0.3, -0.25) is 0 Å². The number of rotatable bonds is 4. The normalized spacial score (nSPS) is 12.7. The molecule has 3 rings (SSSR count). The van der Waals surface area contributed by atoms with Gasteiger partial charge >= 0.3 is 0 Å². The first-order valence-corrected chi connectivity index (χ1v) is 8.08. The molecular weight excluding hydrogens is 284 g/mol. The van der Waals surface area contributed by atoms with Crippen LogP contribution in [0.4, 0.5) is 5.69 Å². The second kappa shape index (κ2) is 6.05. The molecule has 0 amide bonds. The van der Waals surface area contributed by atoms with Crippen molar-refractivity contribution < 1.29 is 0 Å². The van der Waals surface area contributed by atoms with Crippen molar-refractivity contribution in [3.63, 3.8) is 0 Å². The van der Waals surface area contributed by atoms with E-state index in [0.717, 1.165) is 41.1 Å². The maximum atomic E-state index is 6.23. The zero-order valence-electron chi connectivity index (χ0n) is 14.0. The predicted octanol–water partition coefficient (Wildman–Crippen LogP) is 3.64. The summed E-state index contributed by atoms with van der Waals surface area (Å²) in [4.78, 5) is 4.87. The van der Waals surface area contributed by atoms with Crippen LogP contribution in [0.3, 0.4) is 0 Å². The minimum absolute atomic E-state index is 0.113. The van der Waals surface area contributed by atoms with Crippen molar-refractivity contribution in [2.45, 2.75) is 39.8 Å². The second-order valence-corrected chi connectivity index (χ2v) is 6.26. The SMILES string of the molecule is CCC(N)Cn1c(-c2ccc(N)cc2)nc2cc(C)c(C)cc21. The van der Waals surface area contributed by atoms with E-state index in [4.69, 9.17) is 16.5 Å². The zero-order valence-corrected chi connectivity index (χ0v) is 14.0. The van der Waals surface area contributed by atoms with Crippen LogP contribution in [0.15, 0.2) is 36.4 Å². The maximum absolute atomic E-state index is 6.23. The molecule has 1 atom stereocenters. The predicted molar refractivity (Wildman–Crippen MR) is 97.3 cm³/mol. The van der Waals surface area contributed by atoms with Gasteiger partial charge in [0, 0.05) is 23.8 Å².